The molecule has 1 aromatic heterocycles. The molecular formula is C30H32ClN3O4S. The molecule has 0 aliphatic carbocycles. The second kappa shape index (κ2) is 12.6. The van der Waals surface area contributed by atoms with Crippen molar-refractivity contribution in [1.29, 1.82) is 0 Å². The molecule has 0 radical (unpaired) electrons. The number of aromatic nitrogens is 2. The summed E-state index contributed by atoms with van der Waals surface area (Å²) in [6.45, 7) is 4.63. The third-order valence-corrected chi connectivity index (χ3v) is 8.25. The van der Waals surface area contributed by atoms with Crippen LogP contribution < -0.4 is 4.72 Å². The summed E-state index contributed by atoms with van der Waals surface area (Å²) in [4.78, 5) is 17.2. The highest BCUT2D eigenvalue weighted by molar-refractivity contribution is 7.90. The summed E-state index contributed by atoms with van der Waals surface area (Å²) in [5.41, 5.74) is 3.32. The van der Waals surface area contributed by atoms with Crippen LogP contribution in [0.15, 0.2) is 83.8 Å². The Balaban J connectivity index is 1.62. The van der Waals surface area contributed by atoms with Crippen LogP contribution in [0.25, 0.3) is 11.1 Å². The molecule has 204 valence electrons. The van der Waals surface area contributed by atoms with Crippen molar-refractivity contribution in [2.75, 3.05) is 7.11 Å². The fourth-order valence-electron chi connectivity index (χ4n) is 4.42. The Morgan fingerprint density at radius 2 is 1.69 bits per heavy atom. The van der Waals surface area contributed by atoms with Crippen LogP contribution >= 0.6 is 11.6 Å². The van der Waals surface area contributed by atoms with Crippen molar-refractivity contribution in [2.45, 2.75) is 50.7 Å². The zero-order valence-electron chi connectivity index (χ0n) is 22.2. The topological polar surface area (TPSA) is 90.3 Å². The monoisotopic (exact) mass is 565 g/mol. The SMILES string of the molecule is CCCCc1nc(Cl)c(C(C)OC)n1Cc1ccc(-c2ccccc2S(=O)(=O)NC(=O)c2ccccc2)cc1. The van der Waals surface area contributed by atoms with Gasteiger partial charge in [-0.25, -0.2) is 18.1 Å². The first-order valence-electron chi connectivity index (χ1n) is 12.8. The van der Waals surface area contributed by atoms with Gasteiger partial charge in [0.05, 0.1) is 16.7 Å². The summed E-state index contributed by atoms with van der Waals surface area (Å²) in [7, 11) is -2.47. The molecule has 1 atom stereocenters. The molecular weight excluding hydrogens is 534 g/mol. The minimum absolute atomic E-state index is 0.0291. The third-order valence-electron chi connectivity index (χ3n) is 6.58. The molecule has 3 aromatic carbocycles. The van der Waals surface area contributed by atoms with Gasteiger partial charge in [0.15, 0.2) is 5.15 Å². The van der Waals surface area contributed by atoms with Crippen molar-refractivity contribution >= 4 is 27.5 Å². The minimum Gasteiger partial charge on any atom is -0.375 e. The second-order valence-electron chi connectivity index (χ2n) is 9.27. The van der Waals surface area contributed by atoms with E-state index in [4.69, 9.17) is 16.3 Å². The number of unbranched alkanes of at least 4 members (excludes halogenated alkanes) is 1. The minimum atomic E-state index is -4.12. The van der Waals surface area contributed by atoms with E-state index in [0.717, 1.165) is 36.3 Å². The van der Waals surface area contributed by atoms with Crippen molar-refractivity contribution in [2.24, 2.45) is 0 Å². The number of carbonyl (C=O) groups is 1. The predicted octanol–water partition coefficient (Wildman–Crippen LogP) is 6.42. The smallest absolute Gasteiger partial charge is 0.264 e. The Morgan fingerprint density at radius 3 is 2.36 bits per heavy atom. The number of rotatable bonds is 11. The number of ether oxygens (including phenoxy) is 1. The molecule has 0 aliphatic heterocycles. The molecule has 0 bridgehead atoms. The number of hydrogen-bond donors (Lipinski definition) is 1. The van der Waals surface area contributed by atoms with Crippen molar-refractivity contribution in [3.63, 3.8) is 0 Å². The molecule has 1 heterocycles. The van der Waals surface area contributed by atoms with Crippen LogP contribution in [-0.2, 0) is 27.7 Å². The summed E-state index contributed by atoms with van der Waals surface area (Å²) in [5.74, 6) is 0.232. The molecule has 4 aromatic rings. The molecule has 9 heteroatoms. The lowest BCUT2D eigenvalue weighted by Crippen LogP contribution is -2.30. The summed E-state index contributed by atoms with van der Waals surface area (Å²) < 4.78 is 36.3. The van der Waals surface area contributed by atoms with E-state index in [-0.39, 0.29) is 16.6 Å². The maximum atomic E-state index is 13.2. The number of sulfonamides is 1. The van der Waals surface area contributed by atoms with Crippen molar-refractivity contribution in [3.05, 3.63) is 107 Å². The molecule has 0 fully saturated rings. The van der Waals surface area contributed by atoms with Crippen molar-refractivity contribution in [1.82, 2.24) is 14.3 Å². The lowest BCUT2D eigenvalue weighted by atomic mass is 10.0. The Kier molecular flexibility index (Phi) is 9.22. The number of nitrogens with one attached hydrogen (secondary N) is 1. The average Bonchev–Trinajstić information content (AvgIpc) is 3.26. The summed E-state index contributed by atoms with van der Waals surface area (Å²) in [6, 6.07) is 22.6. The zero-order valence-corrected chi connectivity index (χ0v) is 23.8. The number of methoxy groups -OCH3 is 1. The lowest BCUT2D eigenvalue weighted by Gasteiger charge is -2.17. The average molecular weight is 566 g/mol. The maximum absolute atomic E-state index is 13.2. The van der Waals surface area contributed by atoms with Gasteiger partial charge >= 0.3 is 0 Å². The van der Waals surface area contributed by atoms with Gasteiger partial charge in [0.2, 0.25) is 0 Å². The molecule has 1 N–H and O–H groups in total. The molecule has 7 nitrogen and oxygen atoms in total. The highest BCUT2D eigenvalue weighted by atomic mass is 35.5. The van der Waals surface area contributed by atoms with E-state index in [1.807, 2.05) is 31.2 Å². The quantitative estimate of drug-likeness (QED) is 0.226. The van der Waals surface area contributed by atoms with E-state index in [1.165, 1.54) is 6.07 Å². The fourth-order valence-corrected chi connectivity index (χ4v) is 5.98. The molecule has 1 unspecified atom stereocenters. The molecule has 0 spiro atoms. The third kappa shape index (κ3) is 6.58. The van der Waals surface area contributed by atoms with Crippen LogP contribution in [0, 0.1) is 0 Å². The van der Waals surface area contributed by atoms with Crippen LogP contribution in [0.4, 0.5) is 0 Å². The highest BCUT2D eigenvalue weighted by Crippen LogP contribution is 2.30. The van der Waals surface area contributed by atoms with Gasteiger partial charge in [-0.2, -0.15) is 0 Å². The van der Waals surface area contributed by atoms with Crippen LogP contribution in [0.2, 0.25) is 5.15 Å². The van der Waals surface area contributed by atoms with Crippen molar-refractivity contribution in [3.8, 4) is 11.1 Å². The number of imidazole rings is 1. The number of aryl methyl sites for hydroxylation is 1. The Bertz CT molecular complexity index is 1530. The number of benzene rings is 3. The van der Waals surface area contributed by atoms with Gasteiger partial charge < -0.3 is 9.30 Å². The van der Waals surface area contributed by atoms with E-state index in [9.17, 15) is 13.2 Å². The fraction of sp³-hybridized carbons (Fsp3) is 0.267. The van der Waals surface area contributed by atoms with E-state index in [0.29, 0.717) is 22.8 Å². The van der Waals surface area contributed by atoms with E-state index >= 15 is 0 Å². The first-order valence-corrected chi connectivity index (χ1v) is 14.7. The zero-order chi connectivity index (χ0) is 28.0. The standard InChI is InChI=1S/C30H32ClN3O4S/c1-4-5-15-27-32-29(31)28(21(2)38-3)34(27)20-22-16-18-23(19-17-22)25-13-9-10-14-26(25)39(36,37)33-30(35)24-11-7-6-8-12-24/h6-14,16-19,21H,4-5,15,20H2,1-3H3,(H,33,35). The van der Waals surface area contributed by atoms with Gasteiger partial charge in [0, 0.05) is 31.2 Å². The van der Waals surface area contributed by atoms with Gasteiger partial charge in [-0.3, -0.25) is 4.79 Å². The first kappa shape index (κ1) is 28.5. The lowest BCUT2D eigenvalue weighted by molar-refractivity contribution is 0.0981. The summed E-state index contributed by atoms with van der Waals surface area (Å²) in [6.07, 6.45) is 2.63. The first-order chi connectivity index (χ1) is 18.7. The Morgan fingerprint density at radius 1 is 1.03 bits per heavy atom. The Labute approximate surface area is 234 Å². The molecule has 0 saturated carbocycles. The second-order valence-corrected chi connectivity index (χ2v) is 11.3. The predicted molar refractivity (Wildman–Crippen MR) is 153 cm³/mol. The van der Waals surface area contributed by atoms with Gasteiger partial charge in [-0.15, -0.1) is 0 Å². The summed E-state index contributed by atoms with van der Waals surface area (Å²) in [5, 5.41) is 0.448. The number of amides is 1. The van der Waals surface area contributed by atoms with Crippen LogP contribution in [-0.4, -0.2) is 31.0 Å². The molecule has 1 amide bonds. The number of hydrogen-bond acceptors (Lipinski definition) is 5. The van der Waals surface area contributed by atoms with Gasteiger partial charge in [-0.05, 0) is 42.7 Å². The summed E-state index contributed by atoms with van der Waals surface area (Å²) >= 11 is 6.51. The van der Waals surface area contributed by atoms with Crippen LogP contribution in [0.3, 0.4) is 0 Å². The molecule has 0 aliphatic rings. The van der Waals surface area contributed by atoms with Crippen molar-refractivity contribution < 1.29 is 17.9 Å². The van der Waals surface area contributed by atoms with Crippen LogP contribution in [0.1, 0.15) is 60.2 Å². The molecule has 0 saturated heterocycles. The normalized spacial score (nSPS) is 12.3. The van der Waals surface area contributed by atoms with Gasteiger partial charge in [0.1, 0.15) is 5.82 Å². The maximum Gasteiger partial charge on any atom is 0.264 e. The highest BCUT2D eigenvalue weighted by Gasteiger charge is 2.23. The number of nitrogens with zero attached hydrogens (tertiary/aromatic N) is 2. The molecule has 39 heavy (non-hydrogen) atoms. The van der Waals surface area contributed by atoms with Gasteiger partial charge in [0.25, 0.3) is 15.9 Å². The van der Waals surface area contributed by atoms with Crippen LogP contribution in [0.5, 0.6) is 0 Å². The Hall–Kier alpha value is -3.46. The number of halogens is 1. The van der Waals surface area contributed by atoms with E-state index in [1.54, 1.807) is 55.6 Å². The largest absolute Gasteiger partial charge is 0.375 e. The number of carbonyl (C=O) groups excluding carboxylic acids is 1. The van der Waals surface area contributed by atoms with E-state index < -0.39 is 15.9 Å². The van der Waals surface area contributed by atoms with E-state index in [2.05, 4.69) is 21.2 Å². The van der Waals surface area contributed by atoms with Gasteiger partial charge in [-0.1, -0.05) is 85.6 Å². The molecule has 4 rings (SSSR count).